The lowest BCUT2D eigenvalue weighted by Crippen LogP contribution is -2.57. The summed E-state index contributed by atoms with van der Waals surface area (Å²) in [6.45, 7) is 5.49. The van der Waals surface area contributed by atoms with Crippen molar-refractivity contribution in [2.45, 2.75) is 95.1 Å². The average molecular weight is 427 g/mol. The van der Waals surface area contributed by atoms with Crippen molar-refractivity contribution in [2.75, 3.05) is 7.05 Å². The van der Waals surface area contributed by atoms with Gasteiger partial charge in [0.15, 0.2) is 0 Å². The Hall–Kier alpha value is -1.76. The van der Waals surface area contributed by atoms with Crippen molar-refractivity contribution < 1.29 is 22.7 Å². The quantitative estimate of drug-likeness (QED) is 0.670. The fraction of sp³-hybridized carbons (Fsp3) is 0.696. The molecule has 2 saturated carbocycles. The molecule has 1 amide bonds. The van der Waals surface area contributed by atoms with Gasteiger partial charge in [0.05, 0.1) is 5.56 Å². The topological polar surface area (TPSA) is 41.6 Å². The Morgan fingerprint density at radius 3 is 2.40 bits per heavy atom. The van der Waals surface area contributed by atoms with Gasteiger partial charge in [0.1, 0.15) is 5.60 Å². The lowest BCUT2D eigenvalue weighted by molar-refractivity contribution is -0.137. The molecule has 0 unspecified atom stereocenters. The lowest BCUT2D eigenvalue weighted by Gasteiger charge is -2.47. The van der Waals surface area contributed by atoms with Crippen LogP contribution in [0.2, 0.25) is 0 Å². The SMILES string of the molecule is CN(C1CCC1)[C@H]1C[C@@H](c2cccc(C(F)(F)F)c2)CC[C@@H]1NC(=O)OC(C)(C)C. The summed E-state index contributed by atoms with van der Waals surface area (Å²) in [5.41, 5.74) is -0.445. The Bertz CT molecular complexity index is 741. The number of nitrogens with zero attached hydrogens (tertiary/aromatic N) is 1. The molecule has 0 aliphatic heterocycles. The minimum absolute atomic E-state index is 0.0384. The van der Waals surface area contributed by atoms with Gasteiger partial charge in [-0.25, -0.2) is 4.79 Å². The second-order valence-corrected chi connectivity index (χ2v) is 9.70. The largest absolute Gasteiger partial charge is 0.444 e. The molecule has 0 aromatic heterocycles. The summed E-state index contributed by atoms with van der Waals surface area (Å²) in [7, 11) is 2.08. The monoisotopic (exact) mass is 426 g/mol. The number of alkyl carbamates (subject to hydrolysis) is 1. The van der Waals surface area contributed by atoms with Crippen LogP contribution in [-0.4, -0.2) is 41.8 Å². The Kier molecular flexibility index (Phi) is 6.70. The van der Waals surface area contributed by atoms with Gasteiger partial charge in [0.2, 0.25) is 0 Å². The molecule has 0 spiro atoms. The molecule has 0 saturated heterocycles. The molecule has 30 heavy (non-hydrogen) atoms. The fourth-order valence-corrected chi connectivity index (χ4v) is 4.56. The molecule has 1 aromatic carbocycles. The van der Waals surface area contributed by atoms with Crippen LogP contribution >= 0.6 is 0 Å². The molecule has 0 heterocycles. The molecule has 3 rings (SSSR count). The maximum Gasteiger partial charge on any atom is 0.416 e. The van der Waals surface area contributed by atoms with Crippen LogP contribution in [0.15, 0.2) is 24.3 Å². The summed E-state index contributed by atoms with van der Waals surface area (Å²) in [6, 6.07) is 6.15. The molecule has 7 heteroatoms. The third kappa shape index (κ3) is 5.68. The number of rotatable bonds is 4. The summed E-state index contributed by atoms with van der Waals surface area (Å²) in [5.74, 6) is 0.0384. The lowest BCUT2D eigenvalue weighted by atomic mass is 9.76. The smallest absolute Gasteiger partial charge is 0.416 e. The number of benzene rings is 1. The highest BCUT2D eigenvalue weighted by atomic mass is 19.4. The van der Waals surface area contributed by atoms with Crippen LogP contribution in [0.4, 0.5) is 18.0 Å². The second-order valence-electron chi connectivity index (χ2n) is 9.70. The van der Waals surface area contributed by atoms with E-state index >= 15 is 0 Å². The predicted molar refractivity (Wildman–Crippen MR) is 110 cm³/mol. The normalized spacial score (nSPS) is 25.7. The van der Waals surface area contributed by atoms with Gasteiger partial charge < -0.3 is 10.1 Å². The Balaban J connectivity index is 1.76. The summed E-state index contributed by atoms with van der Waals surface area (Å²) < 4.78 is 45.0. The number of carbonyl (C=O) groups is 1. The van der Waals surface area contributed by atoms with E-state index in [2.05, 4.69) is 17.3 Å². The molecule has 2 aliphatic carbocycles. The first-order valence-electron chi connectivity index (χ1n) is 10.8. The molecule has 1 N–H and O–H groups in total. The molecule has 168 valence electrons. The van der Waals surface area contributed by atoms with E-state index in [4.69, 9.17) is 4.74 Å². The number of likely N-dealkylation sites (N-methyl/N-ethyl adjacent to an activating group) is 1. The van der Waals surface area contributed by atoms with E-state index < -0.39 is 23.4 Å². The van der Waals surface area contributed by atoms with Crippen LogP contribution in [-0.2, 0) is 10.9 Å². The third-order valence-corrected chi connectivity index (χ3v) is 6.38. The first kappa shape index (κ1) is 22.9. The molecular weight excluding hydrogens is 393 g/mol. The van der Waals surface area contributed by atoms with E-state index in [1.807, 2.05) is 20.8 Å². The Morgan fingerprint density at radius 2 is 1.83 bits per heavy atom. The van der Waals surface area contributed by atoms with E-state index in [0.717, 1.165) is 37.3 Å². The van der Waals surface area contributed by atoms with Gasteiger partial charge in [-0.2, -0.15) is 13.2 Å². The average Bonchev–Trinajstić information content (AvgIpc) is 2.58. The van der Waals surface area contributed by atoms with Gasteiger partial charge in [-0.3, -0.25) is 4.90 Å². The highest BCUT2D eigenvalue weighted by Gasteiger charge is 2.39. The molecule has 2 fully saturated rings. The van der Waals surface area contributed by atoms with E-state index in [1.54, 1.807) is 6.07 Å². The Labute approximate surface area is 177 Å². The molecule has 0 radical (unpaired) electrons. The van der Waals surface area contributed by atoms with Crippen LogP contribution in [0.1, 0.15) is 76.3 Å². The van der Waals surface area contributed by atoms with Crippen molar-refractivity contribution in [3.8, 4) is 0 Å². The van der Waals surface area contributed by atoms with Gasteiger partial charge in [0, 0.05) is 18.1 Å². The van der Waals surface area contributed by atoms with Crippen LogP contribution < -0.4 is 5.32 Å². The number of hydrogen-bond donors (Lipinski definition) is 1. The fourth-order valence-electron chi connectivity index (χ4n) is 4.56. The highest BCUT2D eigenvalue weighted by Crippen LogP contribution is 2.39. The summed E-state index contributed by atoms with van der Waals surface area (Å²) in [4.78, 5) is 14.7. The standard InChI is InChI=1S/C23H33F3N2O2/c1-22(2,3)30-21(29)27-19-12-11-16(14-20(19)28(4)18-9-6-10-18)15-7-5-8-17(13-15)23(24,25)26/h5,7-8,13,16,18-20H,6,9-12,14H2,1-4H3,(H,27,29)/t16-,19-,20-/m0/s1. The highest BCUT2D eigenvalue weighted by molar-refractivity contribution is 5.68. The number of amides is 1. The maximum absolute atomic E-state index is 13.2. The molecule has 2 aliphatic rings. The van der Waals surface area contributed by atoms with Crippen molar-refractivity contribution in [1.82, 2.24) is 10.2 Å². The maximum atomic E-state index is 13.2. The predicted octanol–water partition coefficient (Wildman–Crippen LogP) is 5.72. The van der Waals surface area contributed by atoms with Crippen molar-refractivity contribution in [1.29, 1.82) is 0 Å². The first-order valence-corrected chi connectivity index (χ1v) is 10.8. The summed E-state index contributed by atoms with van der Waals surface area (Å²) in [6.07, 6.45) is 0.835. The zero-order chi connectivity index (χ0) is 22.1. The summed E-state index contributed by atoms with van der Waals surface area (Å²) >= 11 is 0. The molecule has 0 bridgehead atoms. The van der Waals surface area contributed by atoms with Crippen molar-refractivity contribution in [2.24, 2.45) is 0 Å². The molecule has 1 aromatic rings. The minimum Gasteiger partial charge on any atom is -0.444 e. The Morgan fingerprint density at radius 1 is 1.13 bits per heavy atom. The molecule has 4 nitrogen and oxygen atoms in total. The zero-order valence-corrected chi connectivity index (χ0v) is 18.3. The number of hydrogen-bond acceptors (Lipinski definition) is 3. The van der Waals surface area contributed by atoms with Gasteiger partial charge in [-0.15, -0.1) is 0 Å². The molecular formula is C23H33F3N2O2. The van der Waals surface area contributed by atoms with Crippen LogP contribution in [0, 0.1) is 0 Å². The number of nitrogens with one attached hydrogen (secondary N) is 1. The van der Waals surface area contributed by atoms with Crippen LogP contribution in [0.3, 0.4) is 0 Å². The first-order chi connectivity index (χ1) is 13.9. The van der Waals surface area contributed by atoms with E-state index in [1.165, 1.54) is 18.6 Å². The number of carbonyl (C=O) groups excluding carboxylic acids is 1. The van der Waals surface area contributed by atoms with Crippen LogP contribution in [0.25, 0.3) is 0 Å². The van der Waals surface area contributed by atoms with Gasteiger partial charge in [-0.1, -0.05) is 24.6 Å². The third-order valence-electron chi connectivity index (χ3n) is 6.38. The number of halogens is 3. The van der Waals surface area contributed by atoms with Crippen molar-refractivity contribution in [3.05, 3.63) is 35.4 Å². The number of ether oxygens (including phenoxy) is 1. The number of alkyl halides is 3. The van der Waals surface area contributed by atoms with Crippen molar-refractivity contribution >= 4 is 6.09 Å². The van der Waals surface area contributed by atoms with Gasteiger partial charge in [-0.05, 0) is 77.5 Å². The zero-order valence-electron chi connectivity index (χ0n) is 18.3. The van der Waals surface area contributed by atoms with Crippen molar-refractivity contribution in [3.63, 3.8) is 0 Å². The van der Waals surface area contributed by atoms with E-state index in [0.29, 0.717) is 12.5 Å². The van der Waals surface area contributed by atoms with E-state index in [-0.39, 0.29) is 18.0 Å². The van der Waals surface area contributed by atoms with Gasteiger partial charge >= 0.3 is 12.3 Å². The minimum atomic E-state index is -4.34. The summed E-state index contributed by atoms with van der Waals surface area (Å²) in [5, 5.41) is 3.03. The molecule has 3 atom stereocenters. The second kappa shape index (κ2) is 8.77. The van der Waals surface area contributed by atoms with E-state index in [9.17, 15) is 18.0 Å². The van der Waals surface area contributed by atoms with Gasteiger partial charge in [0.25, 0.3) is 0 Å². The van der Waals surface area contributed by atoms with Crippen LogP contribution in [0.5, 0.6) is 0 Å².